The lowest BCUT2D eigenvalue weighted by molar-refractivity contribution is -0.137. The molecular formula is C29H30F3N3O2. The first-order valence-corrected chi connectivity index (χ1v) is 12.5. The molecule has 1 saturated heterocycles. The highest BCUT2D eigenvalue weighted by Crippen LogP contribution is 2.40. The molecule has 2 unspecified atom stereocenters. The third kappa shape index (κ3) is 5.38. The van der Waals surface area contributed by atoms with Crippen molar-refractivity contribution in [3.63, 3.8) is 0 Å². The Morgan fingerprint density at radius 3 is 2.49 bits per heavy atom. The van der Waals surface area contributed by atoms with Crippen LogP contribution in [0.2, 0.25) is 0 Å². The predicted octanol–water partition coefficient (Wildman–Crippen LogP) is 4.94. The highest BCUT2D eigenvalue weighted by atomic mass is 19.4. The Bertz CT molecular complexity index is 1230. The van der Waals surface area contributed by atoms with Crippen LogP contribution in [0.25, 0.3) is 0 Å². The molecule has 0 bridgehead atoms. The van der Waals surface area contributed by atoms with E-state index in [2.05, 4.69) is 15.1 Å². The van der Waals surface area contributed by atoms with Crippen molar-refractivity contribution >= 4 is 17.3 Å². The normalized spacial score (nSPS) is 19.1. The first kappa shape index (κ1) is 25.0. The predicted molar refractivity (Wildman–Crippen MR) is 138 cm³/mol. The highest BCUT2D eigenvalue weighted by molar-refractivity contribution is 5.82. The quantitative estimate of drug-likeness (QED) is 0.511. The fraction of sp³-hybridized carbons (Fsp3) is 0.345. The molecule has 37 heavy (non-hydrogen) atoms. The topological polar surface area (TPSA) is 44.8 Å². The second-order valence-electron chi connectivity index (χ2n) is 9.58. The number of halogens is 3. The van der Waals surface area contributed by atoms with Crippen LogP contribution in [0.3, 0.4) is 0 Å². The summed E-state index contributed by atoms with van der Waals surface area (Å²) in [5, 5.41) is 3.06. The van der Waals surface area contributed by atoms with Gasteiger partial charge in [-0.05, 0) is 66.4 Å². The van der Waals surface area contributed by atoms with E-state index in [1.165, 1.54) is 6.07 Å². The number of carbonyl (C=O) groups is 1. The van der Waals surface area contributed by atoms with E-state index in [1.807, 2.05) is 54.6 Å². The number of methoxy groups -OCH3 is 1. The number of piperazine rings is 1. The Hall–Kier alpha value is -3.68. The number of nitrogens with one attached hydrogen (secondary N) is 1. The van der Waals surface area contributed by atoms with Crippen LogP contribution in [-0.4, -0.2) is 45.2 Å². The van der Waals surface area contributed by atoms with Gasteiger partial charge < -0.3 is 19.9 Å². The summed E-state index contributed by atoms with van der Waals surface area (Å²) < 4.78 is 45.7. The number of anilines is 2. The van der Waals surface area contributed by atoms with Crippen LogP contribution < -0.4 is 19.9 Å². The minimum atomic E-state index is -4.42. The van der Waals surface area contributed by atoms with Crippen molar-refractivity contribution in [1.29, 1.82) is 0 Å². The minimum absolute atomic E-state index is 0.120. The number of fused-ring (bicyclic) bond motifs is 3. The van der Waals surface area contributed by atoms with Gasteiger partial charge in [0, 0.05) is 37.6 Å². The lowest BCUT2D eigenvalue weighted by atomic mass is 9.82. The number of ether oxygens (including phenoxy) is 1. The van der Waals surface area contributed by atoms with Gasteiger partial charge in [-0.2, -0.15) is 13.2 Å². The molecule has 2 aliphatic heterocycles. The molecule has 3 aromatic rings. The molecule has 0 spiro atoms. The monoisotopic (exact) mass is 509 g/mol. The van der Waals surface area contributed by atoms with Crippen LogP contribution in [0.15, 0.2) is 72.8 Å². The molecule has 5 nitrogen and oxygen atoms in total. The van der Waals surface area contributed by atoms with E-state index in [4.69, 9.17) is 4.74 Å². The zero-order valence-corrected chi connectivity index (χ0v) is 20.7. The molecule has 5 rings (SSSR count). The fourth-order valence-electron chi connectivity index (χ4n) is 5.43. The summed E-state index contributed by atoms with van der Waals surface area (Å²) in [7, 11) is 1.62. The highest BCUT2D eigenvalue weighted by Gasteiger charge is 2.42. The molecule has 2 heterocycles. The molecule has 3 aromatic carbocycles. The Kier molecular flexibility index (Phi) is 7.00. The number of nitrogens with zero attached hydrogens (tertiary/aromatic N) is 2. The van der Waals surface area contributed by atoms with Gasteiger partial charge in [-0.15, -0.1) is 0 Å². The maximum absolute atomic E-state index is 13.5. The van der Waals surface area contributed by atoms with Gasteiger partial charge in [-0.1, -0.05) is 30.3 Å². The molecule has 194 valence electrons. The molecule has 8 heteroatoms. The molecular weight excluding hydrogens is 479 g/mol. The van der Waals surface area contributed by atoms with E-state index >= 15 is 0 Å². The summed E-state index contributed by atoms with van der Waals surface area (Å²) in [6, 6.07) is 21.5. The lowest BCUT2D eigenvalue weighted by Crippen LogP contribution is -2.61. The summed E-state index contributed by atoms with van der Waals surface area (Å²) in [6.07, 6.45) is -3.46. The third-order valence-corrected chi connectivity index (χ3v) is 7.37. The van der Waals surface area contributed by atoms with Crippen molar-refractivity contribution < 1.29 is 22.7 Å². The van der Waals surface area contributed by atoms with Crippen LogP contribution in [0.4, 0.5) is 24.5 Å². The lowest BCUT2D eigenvalue weighted by Gasteiger charge is -2.49. The second kappa shape index (κ2) is 10.4. The van der Waals surface area contributed by atoms with E-state index in [9.17, 15) is 18.0 Å². The summed E-state index contributed by atoms with van der Waals surface area (Å²) in [5.74, 6) is 0.184. The van der Waals surface area contributed by atoms with Gasteiger partial charge >= 0.3 is 6.18 Å². The van der Waals surface area contributed by atoms with Crippen LogP contribution in [0.1, 0.15) is 16.7 Å². The zero-order valence-electron chi connectivity index (χ0n) is 20.7. The molecule has 1 N–H and O–H groups in total. The Balaban J connectivity index is 1.39. The minimum Gasteiger partial charge on any atom is -0.497 e. The first-order chi connectivity index (χ1) is 17.8. The number of hydrogen-bond donors (Lipinski definition) is 1. The third-order valence-electron chi connectivity index (χ3n) is 7.37. The molecule has 0 radical (unpaired) electrons. The van der Waals surface area contributed by atoms with Crippen LogP contribution >= 0.6 is 0 Å². The smallest absolute Gasteiger partial charge is 0.416 e. The summed E-state index contributed by atoms with van der Waals surface area (Å²) >= 11 is 0. The van der Waals surface area contributed by atoms with E-state index in [0.29, 0.717) is 38.2 Å². The summed E-state index contributed by atoms with van der Waals surface area (Å²) in [5.41, 5.74) is 2.84. The Morgan fingerprint density at radius 2 is 1.78 bits per heavy atom. The maximum Gasteiger partial charge on any atom is 0.416 e. The largest absolute Gasteiger partial charge is 0.497 e. The van der Waals surface area contributed by atoms with Crippen molar-refractivity contribution in [2.24, 2.45) is 5.92 Å². The molecule has 0 aromatic heterocycles. The van der Waals surface area contributed by atoms with Crippen molar-refractivity contribution in [3.8, 4) is 5.75 Å². The van der Waals surface area contributed by atoms with E-state index in [1.54, 1.807) is 13.2 Å². The van der Waals surface area contributed by atoms with E-state index in [-0.39, 0.29) is 18.4 Å². The maximum atomic E-state index is 13.5. The van der Waals surface area contributed by atoms with E-state index < -0.39 is 17.7 Å². The Labute approximate surface area is 214 Å². The zero-order chi connectivity index (χ0) is 26.0. The van der Waals surface area contributed by atoms with Crippen LogP contribution in [0, 0.1) is 5.92 Å². The molecule has 0 aliphatic carbocycles. The van der Waals surface area contributed by atoms with Gasteiger partial charge in [0.1, 0.15) is 5.75 Å². The molecule has 1 amide bonds. The number of hydrogen-bond acceptors (Lipinski definition) is 4. The Morgan fingerprint density at radius 1 is 1.03 bits per heavy atom. The summed E-state index contributed by atoms with van der Waals surface area (Å²) in [4.78, 5) is 17.8. The first-order valence-electron chi connectivity index (χ1n) is 12.5. The van der Waals surface area contributed by atoms with Crippen molar-refractivity contribution in [2.75, 3.05) is 43.1 Å². The van der Waals surface area contributed by atoms with Gasteiger partial charge in [-0.3, -0.25) is 4.79 Å². The van der Waals surface area contributed by atoms with Gasteiger partial charge in [0.2, 0.25) is 5.91 Å². The molecule has 0 saturated carbocycles. The second-order valence-corrected chi connectivity index (χ2v) is 9.58. The number of benzene rings is 3. The fourth-order valence-corrected chi connectivity index (χ4v) is 5.43. The van der Waals surface area contributed by atoms with Crippen molar-refractivity contribution in [2.45, 2.75) is 25.1 Å². The average molecular weight is 510 g/mol. The molecule has 2 aliphatic rings. The van der Waals surface area contributed by atoms with Crippen molar-refractivity contribution in [1.82, 2.24) is 5.32 Å². The number of rotatable bonds is 6. The van der Waals surface area contributed by atoms with Crippen LogP contribution in [0.5, 0.6) is 5.75 Å². The molecule has 2 atom stereocenters. The van der Waals surface area contributed by atoms with Gasteiger partial charge in [0.25, 0.3) is 0 Å². The number of carbonyl (C=O) groups excluding carboxylic acids is 1. The SMILES string of the molecule is COc1ccc(N2CCN3c4ccc(C(F)(F)F)cc4CC(C(=O)NCCc4ccccc4)C3C2)cc1. The summed E-state index contributed by atoms with van der Waals surface area (Å²) in [6.45, 7) is 2.39. The van der Waals surface area contributed by atoms with Crippen molar-refractivity contribution in [3.05, 3.63) is 89.5 Å². The van der Waals surface area contributed by atoms with Crippen LogP contribution in [-0.2, 0) is 23.8 Å². The molecule has 1 fully saturated rings. The number of amides is 1. The standard InChI is InChI=1S/C29H30F3N3O2/c1-37-24-10-8-23(9-11-24)34-15-16-35-26-12-7-22(29(30,31)32)17-21(26)18-25(27(35)19-34)28(36)33-14-13-20-5-3-2-4-6-20/h2-12,17,25,27H,13-16,18-19H2,1H3,(H,33,36). The van der Waals surface area contributed by atoms with E-state index in [0.717, 1.165) is 28.8 Å². The number of alkyl halides is 3. The van der Waals surface area contributed by atoms with Gasteiger partial charge in [0.05, 0.1) is 24.6 Å². The van der Waals surface area contributed by atoms with Gasteiger partial charge in [0.15, 0.2) is 0 Å². The average Bonchev–Trinajstić information content (AvgIpc) is 2.92. The van der Waals surface area contributed by atoms with Gasteiger partial charge in [-0.25, -0.2) is 0 Å².